The highest BCUT2D eigenvalue weighted by atomic mass is 32.1. The highest BCUT2D eigenvalue weighted by Gasteiger charge is 2.33. The lowest BCUT2D eigenvalue weighted by atomic mass is 10.0. The van der Waals surface area contributed by atoms with E-state index in [-0.39, 0.29) is 24.3 Å². The number of aliphatic carboxylic acids is 1. The quantitative estimate of drug-likeness (QED) is 0.694. The molecule has 7 heteroatoms. The molecule has 2 N–H and O–H groups in total. The predicted octanol–water partition coefficient (Wildman–Crippen LogP) is 1.10. The molecule has 1 aliphatic rings. The summed E-state index contributed by atoms with van der Waals surface area (Å²) in [4.78, 5) is 37.3. The van der Waals surface area contributed by atoms with Crippen LogP contribution in [0.3, 0.4) is 0 Å². The second kappa shape index (κ2) is 7.70. The number of thiol groups is 1. The number of amides is 2. The Hall–Kier alpha value is -2.02. The van der Waals surface area contributed by atoms with Gasteiger partial charge in [-0.25, -0.2) is 0 Å². The van der Waals surface area contributed by atoms with Crippen LogP contribution in [-0.4, -0.2) is 45.6 Å². The molecule has 130 valence electrons. The third kappa shape index (κ3) is 4.29. The van der Waals surface area contributed by atoms with E-state index in [1.807, 2.05) is 38.1 Å². The van der Waals surface area contributed by atoms with Crippen LogP contribution in [0.5, 0.6) is 0 Å². The molecular weight excluding hydrogens is 328 g/mol. The lowest BCUT2D eigenvalue weighted by Gasteiger charge is -2.25. The first kappa shape index (κ1) is 18.3. The number of carboxylic acids is 1. The van der Waals surface area contributed by atoms with Crippen LogP contribution in [0.15, 0.2) is 24.3 Å². The van der Waals surface area contributed by atoms with E-state index in [0.717, 1.165) is 11.1 Å². The molecule has 1 aliphatic heterocycles. The summed E-state index contributed by atoms with van der Waals surface area (Å²) >= 11 is 4.28. The average Bonchev–Trinajstić information content (AvgIpc) is 2.64. The molecule has 0 unspecified atom stereocenters. The van der Waals surface area contributed by atoms with E-state index in [1.165, 1.54) is 4.90 Å². The summed E-state index contributed by atoms with van der Waals surface area (Å²) in [6.45, 7) is 3.58. The number of carboxylic acid groups (broad SMARTS) is 1. The normalized spacial score (nSPS) is 18.8. The zero-order valence-electron chi connectivity index (χ0n) is 13.7. The maximum Gasteiger partial charge on any atom is 0.323 e. The van der Waals surface area contributed by atoms with Gasteiger partial charge in [0.15, 0.2) is 0 Å². The van der Waals surface area contributed by atoms with Crippen molar-refractivity contribution in [2.45, 2.75) is 38.1 Å². The van der Waals surface area contributed by atoms with Crippen molar-refractivity contribution >= 4 is 30.4 Å². The van der Waals surface area contributed by atoms with Crippen molar-refractivity contribution in [1.82, 2.24) is 10.2 Å². The molecule has 0 fully saturated rings. The lowest BCUT2D eigenvalue weighted by Crippen LogP contribution is -2.51. The first-order valence-corrected chi connectivity index (χ1v) is 8.37. The van der Waals surface area contributed by atoms with Gasteiger partial charge in [0.1, 0.15) is 12.6 Å². The molecule has 0 spiro atoms. The van der Waals surface area contributed by atoms with Gasteiger partial charge in [-0.05, 0) is 17.0 Å². The summed E-state index contributed by atoms with van der Waals surface area (Å²) in [6, 6.07) is 6.70. The number of carbonyl (C=O) groups is 3. The van der Waals surface area contributed by atoms with E-state index in [9.17, 15) is 14.4 Å². The molecule has 6 nitrogen and oxygen atoms in total. The van der Waals surface area contributed by atoms with Crippen molar-refractivity contribution in [2.75, 3.05) is 6.54 Å². The van der Waals surface area contributed by atoms with Crippen molar-refractivity contribution in [1.29, 1.82) is 0 Å². The van der Waals surface area contributed by atoms with Gasteiger partial charge < -0.3 is 15.3 Å². The monoisotopic (exact) mass is 350 g/mol. The van der Waals surface area contributed by atoms with Gasteiger partial charge in [0.05, 0.1) is 5.25 Å². The number of hydrogen-bond acceptors (Lipinski definition) is 4. The fourth-order valence-electron chi connectivity index (χ4n) is 2.69. The number of nitrogens with one attached hydrogen (secondary N) is 1. The molecule has 1 aromatic carbocycles. The molecule has 2 amide bonds. The molecule has 0 aliphatic carbocycles. The van der Waals surface area contributed by atoms with Gasteiger partial charge in [0, 0.05) is 13.0 Å². The van der Waals surface area contributed by atoms with Crippen molar-refractivity contribution in [2.24, 2.45) is 5.92 Å². The zero-order valence-corrected chi connectivity index (χ0v) is 14.6. The Morgan fingerprint density at radius 1 is 1.33 bits per heavy atom. The minimum absolute atomic E-state index is 0.0247. The highest BCUT2D eigenvalue weighted by Crippen LogP contribution is 2.20. The number of hydrogen-bond donors (Lipinski definition) is 3. The highest BCUT2D eigenvalue weighted by molar-refractivity contribution is 7.81. The summed E-state index contributed by atoms with van der Waals surface area (Å²) in [5, 5.41) is 11.3. The topological polar surface area (TPSA) is 86.7 Å². The molecule has 0 saturated carbocycles. The van der Waals surface area contributed by atoms with Crippen LogP contribution >= 0.6 is 12.6 Å². The van der Waals surface area contributed by atoms with Crippen LogP contribution in [0.1, 0.15) is 25.0 Å². The molecule has 0 radical (unpaired) electrons. The first-order valence-electron chi connectivity index (χ1n) is 7.85. The Balaban J connectivity index is 2.27. The van der Waals surface area contributed by atoms with Crippen LogP contribution < -0.4 is 5.32 Å². The molecule has 2 atom stereocenters. The molecule has 2 rings (SSSR count). The second-order valence-electron chi connectivity index (χ2n) is 6.31. The summed E-state index contributed by atoms with van der Waals surface area (Å²) in [7, 11) is 0. The third-order valence-corrected chi connectivity index (χ3v) is 4.89. The van der Waals surface area contributed by atoms with Gasteiger partial charge in [0.25, 0.3) is 0 Å². The van der Waals surface area contributed by atoms with Crippen LogP contribution in [0.2, 0.25) is 0 Å². The Bertz CT molecular complexity index is 647. The molecule has 1 aromatic rings. The molecule has 1 heterocycles. The smallest absolute Gasteiger partial charge is 0.323 e. The standard InChI is InChI=1S/C17H22N2O4S/c1-10(2)15(24)16(22)18-13-7-11-5-3-4-6-12(11)8-19(17(13)23)9-14(20)21/h3-6,10,13,15,24H,7-9H2,1-2H3,(H,18,22)(H,20,21)/t13-,15-/m0/s1. The predicted molar refractivity (Wildman–Crippen MR) is 92.7 cm³/mol. The number of rotatable bonds is 5. The van der Waals surface area contributed by atoms with Gasteiger partial charge in [0.2, 0.25) is 11.8 Å². The van der Waals surface area contributed by atoms with E-state index in [2.05, 4.69) is 17.9 Å². The SMILES string of the molecule is CC(C)[C@H](S)C(=O)N[C@H]1Cc2ccccc2CN(CC(=O)O)C1=O. The summed E-state index contributed by atoms with van der Waals surface area (Å²) in [6.07, 6.45) is 0.343. The molecule has 0 saturated heterocycles. The fraction of sp³-hybridized carbons (Fsp3) is 0.471. The van der Waals surface area contributed by atoms with E-state index in [4.69, 9.17) is 5.11 Å². The molecule has 0 bridgehead atoms. The number of nitrogens with zero attached hydrogens (tertiary/aromatic N) is 1. The Labute approximate surface area is 146 Å². The maximum absolute atomic E-state index is 12.7. The van der Waals surface area contributed by atoms with E-state index in [1.54, 1.807) is 0 Å². The largest absolute Gasteiger partial charge is 0.480 e. The molecule has 24 heavy (non-hydrogen) atoms. The van der Waals surface area contributed by atoms with Gasteiger partial charge in [-0.15, -0.1) is 0 Å². The van der Waals surface area contributed by atoms with Crippen LogP contribution in [0.4, 0.5) is 0 Å². The minimum atomic E-state index is -1.08. The van der Waals surface area contributed by atoms with Crippen molar-refractivity contribution in [3.8, 4) is 0 Å². The van der Waals surface area contributed by atoms with Crippen molar-refractivity contribution in [3.05, 3.63) is 35.4 Å². The number of fused-ring (bicyclic) bond motifs is 1. The average molecular weight is 350 g/mol. The van der Waals surface area contributed by atoms with Crippen LogP contribution in [0, 0.1) is 5.92 Å². The van der Waals surface area contributed by atoms with Crippen LogP contribution in [0.25, 0.3) is 0 Å². The summed E-state index contributed by atoms with van der Waals surface area (Å²) in [5.74, 6) is -1.76. The first-order chi connectivity index (χ1) is 11.3. The van der Waals surface area contributed by atoms with Gasteiger partial charge >= 0.3 is 5.97 Å². The Morgan fingerprint density at radius 2 is 1.96 bits per heavy atom. The fourth-order valence-corrected chi connectivity index (χ4v) is 2.77. The second-order valence-corrected chi connectivity index (χ2v) is 6.87. The van der Waals surface area contributed by atoms with E-state index < -0.39 is 23.8 Å². The lowest BCUT2D eigenvalue weighted by molar-refractivity contribution is -0.146. The van der Waals surface area contributed by atoms with Crippen LogP contribution in [-0.2, 0) is 27.3 Å². The van der Waals surface area contributed by atoms with Crippen molar-refractivity contribution in [3.63, 3.8) is 0 Å². The van der Waals surface area contributed by atoms with E-state index in [0.29, 0.717) is 6.42 Å². The molecule has 0 aromatic heterocycles. The number of carbonyl (C=O) groups excluding carboxylic acids is 2. The Morgan fingerprint density at radius 3 is 2.54 bits per heavy atom. The third-order valence-electron chi connectivity index (χ3n) is 4.06. The maximum atomic E-state index is 12.7. The summed E-state index contributed by atoms with van der Waals surface area (Å²) in [5.41, 5.74) is 1.83. The zero-order chi connectivity index (χ0) is 17.9. The minimum Gasteiger partial charge on any atom is -0.480 e. The summed E-state index contributed by atoms with van der Waals surface area (Å²) < 4.78 is 0. The van der Waals surface area contributed by atoms with Gasteiger partial charge in [-0.3, -0.25) is 14.4 Å². The van der Waals surface area contributed by atoms with Gasteiger partial charge in [-0.1, -0.05) is 38.1 Å². The Kier molecular flexibility index (Phi) is 5.88. The van der Waals surface area contributed by atoms with Crippen molar-refractivity contribution < 1.29 is 19.5 Å². The van der Waals surface area contributed by atoms with E-state index >= 15 is 0 Å². The molecular formula is C17H22N2O4S. The number of benzene rings is 1. The van der Waals surface area contributed by atoms with Gasteiger partial charge in [-0.2, -0.15) is 12.6 Å².